The molecule has 0 unspecified atom stereocenters. The molecule has 0 aromatic heterocycles. The topological polar surface area (TPSA) is 54.4 Å². The first kappa shape index (κ1) is 12.0. The molecular formula is C14H9FO3. The van der Waals surface area contributed by atoms with E-state index in [4.69, 9.17) is 5.11 Å². The SMILES string of the molecule is O=Cc1ccc(-c2ccc(F)c(C(=O)O)c2)cc1. The molecule has 0 saturated heterocycles. The van der Waals surface area contributed by atoms with Crippen LogP contribution in [-0.4, -0.2) is 17.4 Å². The Morgan fingerprint density at radius 2 is 1.67 bits per heavy atom. The number of hydrogen-bond acceptors (Lipinski definition) is 2. The Bertz CT molecular complexity index is 603. The molecule has 0 aliphatic carbocycles. The van der Waals surface area contributed by atoms with Crippen molar-refractivity contribution >= 4 is 12.3 Å². The second-order valence-corrected chi connectivity index (χ2v) is 3.74. The molecular weight excluding hydrogens is 235 g/mol. The van der Waals surface area contributed by atoms with E-state index in [-0.39, 0.29) is 5.56 Å². The molecule has 2 aromatic rings. The number of rotatable bonds is 3. The number of aromatic carboxylic acids is 1. The third kappa shape index (κ3) is 2.27. The summed E-state index contributed by atoms with van der Waals surface area (Å²) >= 11 is 0. The van der Waals surface area contributed by atoms with E-state index >= 15 is 0 Å². The number of carbonyl (C=O) groups excluding carboxylic acids is 1. The zero-order chi connectivity index (χ0) is 13.1. The van der Waals surface area contributed by atoms with E-state index in [0.29, 0.717) is 11.1 Å². The molecule has 0 radical (unpaired) electrons. The fraction of sp³-hybridized carbons (Fsp3) is 0. The fourth-order valence-corrected chi connectivity index (χ4v) is 1.62. The smallest absolute Gasteiger partial charge is 0.338 e. The summed E-state index contributed by atoms with van der Waals surface area (Å²) in [6.45, 7) is 0. The zero-order valence-electron chi connectivity index (χ0n) is 9.26. The monoisotopic (exact) mass is 244 g/mol. The molecule has 0 atom stereocenters. The summed E-state index contributed by atoms with van der Waals surface area (Å²) in [5, 5.41) is 8.83. The van der Waals surface area contributed by atoms with E-state index in [2.05, 4.69) is 0 Å². The summed E-state index contributed by atoms with van der Waals surface area (Å²) in [7, 11) is 0. The van der Waals surface area contributed by atoms with Crippen molar-refractivity contribution in [2.75, 3.05) is 0 Å². The minimum atomic E-state index is -1.31. The van der Waals surface area contributed by atoms with Gasteiger partial charge in [-0.15, -0.1) is 0 Å². The van der Waals surface area contributed by atoms with Gasteiger partial charge >= 0.3 is 5.97 Å². The Labute approximate surface area is 103 Å². The van der Waals surface area contributed by atoms with Crippen LogP contribution < -0.4 is 0 Å². The lowest BCUT2D eigenvalue weighted by Crippen LogP contribution is -2.00. The second-order valence-electron chi connectivity index (χ2n) is 3.74. The molecule has 0 spiro atoms. The average Bonchev–Trinajstić information content (AvgIpc) is 2.39. The van der Waals surface area contributed by atoms with Gasteiger partial charge in [0.1, 0.15) is 12.1 Å². The van der Waals surface area contributed by atoms with Crippen LogP contribution in [0.2, 0.25) is 0 Å². The van der Waals surface area contributed by atoms with Crippen molar-refractivity contribution in [2.45, 2.75) is 0 Å². The van der Waals surface area contributed by atoms with E-state index in [0.717, 1.165) is 17.9 Å². The Kier molecular flexibility index (Phi) is 3.19. The first-order chi connectivity index (χ1) is 8.61. The van der Waals surface area contributed by atoms with Crippen LogP contribution in [0, 0.1) is 5.82 Å². The minimum absolute atomic E-state index is 0.369. The second kappa shape index (κ2) is 4.79. The van der Waals surface area contributed by atoms with Gasteiger partial charge in [-0.25, -0.2) is 9.18 Å². The summed E-state index contributed by atoms with van der Waals surface area (Å²) in [4.78, 5) is 21.3. The van der Waals surface area contributed by atoms with Crippen molar-refractivity contribution in [2.24, 2.45) is 0 Å². The number of carboxylic acids is 1. The van der Waals surface area contributed by atoms with Gasteiger partial charge in [-0.2, -0.15) is 0 Å². The molecule has 1 N–H and O–H groups in total. The van der Waals surface area contributed by atoms with Gasteiger partial charge in [0.05, 0.1) is 5.56 Å². The molecule has 0 saturated carbocycles. The van der Waals surface area contributed by atoms with Crippen LogP contribution in [0.5, 0.6) is 0 Å². The molecule has 0 bridgehead atoms. The van der Waals surface area contributed by atoms with Gasteiger partial charge in [0.15, 0.2) is 0 Å². The predicted molar refractivity (Wildman–Crippen MR) is 64.2 cm³/mol. The fourth-order valence-electron chi connectivity index (χ4n) is 1.62. The standard InChI is InChI=1S/C14H9FO3/c15-13-6-5-11(7-12(13)14(17)18)10-3-1-9(8-16)2-4-10/h1-8H,(H,17,18). The lowest BCUT2D eigenvalue weighted by molar-refractivity contribution is 0.0692. The van der Waals surface area contributed by atoms with Crippen molar-refractivity contribution in [1.29, 1.82) is 0 Å². The first-order valence-electron chi connectivity index (χ1n) is 5.20. The number of benzene rings is 2. The Balaban J connectivity index is 2.47. The van der Waals surface area contributed by atoms with Crippen molar-refractivity contribution in [1.82, 2.24) is 0 Å². The highest BCUT2D eigenvalue weighted by atomic mass is 19.1. The lowest BCUT2D eigenvalue weighted by atomic mass is 10.0. The normalized spacial score (nSPS) is 10.1. The number of aldehydes is 1. The van der Waals surface area contributed by atoms with E-state index in [1.165, 1.54) is 12.1 Å². The van der Waals surface area contributed by atoms with Crippen LogP contribution in [0.15, 0.2) is 42.5 Å². The summed E-state index contributed by atoms with van der Waals surface area (Å²) in [5.74, 6) is -2.07. The van der Waals surface area contributed by atoms with Gasteiger partial charge in [0, 0.05) is 5.56 Å². The third-order valence-corrected chi connectivity index (χ3v) is 2.58. The molecule has 4 heteroatoms. The number of halogens is 1. The maximum absolute atomic E-state index is 13.2. The van der Waals surface area contributed by atoms with Crippen LogP contribution in [0.1, 0.15) is 20.7 Å². The number of carboxylic acid groups (broad SMARTS) is 1. The molecule has 0 fully saturated rings. The molecule has 0 amide bonds. The molecule has 2 rings (SSSR count). The largest absolute Gasteiger partial charge is 0.478 e. The summed E-state index contributed by atoms with van der Waals surface area (Å²) in [6.07, 6.45) is 0.719. The highest BCUT2D eigenvalue weighted by Crippen LogP contribution is 2.22. The summed E-state index contributed by atoms with van der Waals surface area (Å²) in [5.41, 5.74) is 1.47. The zero-order valence-corrected chi connectivity index (χ0v) is 9.26. The average molecular weight is 244 g/mol. The van der Waals surface area contributed by atoms with Gasteiger partial charge < -0.3 is 5.11 Å². The Morgan fingerprint density at radius 3 is 2.22 bits per heavy atom. The lowest BCUT2D eigenvalue weighted by Gasteiger charge is -2.04. The van der Waals surface area contributed by atoms with E-state index in [1.54, 1.807) is 24.3 Å². The van der Waals surface area contributed by atoms with Gasteiger partial charge in [-0.3, -0.25) is 4.79 Å². The van der Waals surface area contributed by atoms with Gasteiger partial charge in [-0.05, 0) is 23.3 Å². The minimum Gasteiger partial charge on any atom is -0.478 e. The van der Waals surface area contributed by atoms with E-state index < -0.39 is 11.8 Å². The first-order valence-corrected chi connectivity index (χ1v) is 5.20. The molecule has 0 heterocycles. The predicted octanol–water partition coefficient (Wildman–Crippen LogP) is 3.00. The molecule has 3 nitrogen and oxygen atoms in total. The molecule has 0 aliphatic heterocycles. The highest BCUT2D eigenvalue weighted by molar-refractivity contribution is 5.90. The number of carbonyl (C=O) groups is 2. The van der Waals surface area contributed by atoms with E-state index in [9.17, 15) is 14.0 Å². The van der Waals surface area contributed by atoms with Crippen LogP contribution in [0.4, 0.5) is 4.39 Å². The quantitative estimate of drug-likeness (QED) is 0.844. The van der Waals surface area contributed by atoms with Gasteiger partial charge in [-0.1, -0.05) is 30.3 Å². The highest BCUT2D eigenvalue weighted by Gasteiger charge is 2.11. The molecule has 0 aliphatic rings. The number of hydrogen-bond donors (Lipinski definition) is 1. The van der Waals surface area contributed by atoms with Crippen molar-refractivity contribution in [3.63, 3.8) is 0 Å². The van der Waals surface area contributed by atoms with Crippen molar-refractivity contribution in [3.05, 3.63) is 59.4 Å². The summed E-state index contributed by atoms with van der Waals surface area (Å²) < 4.78 is 13.2. The van der Waals surface area contributed by atoms with E-state index in [1.807, 2.05) is 0 Å². The van der Waals surface area contributed by atoms with Crippen molar-refractivity contribution < 1.29 is 19.1 Å². The molecule has 2 aromatic carbocycles. The van der Waals surface area contributed by atoms with Crippen LogP contribution in [0.25, 0.3) is 11.1 Å². The summed E-state index contributed by atoms with van der Waals surface area (Å²) in [6, 6.07) is 10.5. The Hall–Kier alpha value is -2.49. The van der Waals surface area contributed by atoms with Gasteiger partial charge in [0.2, 0.25) is 0 Å². The Morgan fingerprint density at radius 1 is 1.06 bits per heavy atom. The maximum Gasteiger partial charge on any atom is 0.338 e. The third-order valence-electron chi connectivity index (χ3n) is 2.58. The van der Waals surface area contributed by atoms with Crippen molar-refractivity contribution in [3.8, 4) is 11.1 Å². The maximum atomic E-state index is 13.2. The van der Waals surface area contributed by atoms with Crippen LogP contribution in [-0.2, 0) is 0 Å². The van der Waals surface area contributed by atoms with Crippen LogP contribution in [0.3, 0.4) is 0 Å². The van der Waals surface area contributed by atoms with Gasteiger partial charge in [0.25, 0.3) is 0 Å². The molecule has 90 valence electrons. The van der Waals surface area contributed by atoms with Crippen LogP contribution >= 0.6 is 0 Å². The molecule has 18 heavy (non-hydrogen) atoms.